The maximum atomic E-state index is 14.2. The van der Waals surface area contributed by atoms with E-state index in [-0.39, 0.29) is 39.6 Å². The molecule has 0 radical (unpaired) electrons. The minimum atomic E-state index is -1.96. The molecule has 4 N–H and O–H groups in total. The average molecular weight is 1630 g/mol. The van der Waals surface area contributed by atoms with Gasteiger partial charge in [0.1, 0.15) is 99.0 Å². The van der Waals surface area contributed by atoms with Gasteiger partial charge in [0.25, 0.3) is 0 Å². The van der Waals surface area contributed by atoms with E-state index in [0.717, 1.165) is 66.5 Å². The van der Waals surface area contributed by atoms with E-state index in [0.29, 0.717) is 28.8 Å². The molecule has 34 heteroatoms. The number of hydrogen-bond acceptors (Lipinski definition) is 28. The van der Waals surface area contributed by atoms with Gasteiger partial charge in [-0.2, -0.15) is 0 Å². The number of ether oxygens (including phenoxy) is 18. The molecular weight excluding hydrogens is 1530 g/mol. The molecule has 5 heterocycles. The smallest absolute Gasteiger partial charge is 0.407 e. The van der Waals surface area contributed by atoms with E-state index < -0.39 is 202 Å². The Morgan fingerprint density at radius 2 is 0.658 bits per heavy atom. The summed E-state index contributed by atoms with van der Waals surface area (Å²) < 4.78 is 120. The van der Waals surface area contributed by atoms with Crippen LogP contribution in [0.3, 0.4) is 0 Å². The van der Waals surface area contributed by atoms with Crippen molar-refractivity contribution in [2.75, 3.05) is 26.4 Å². The first-order valence-corrected chi connectivity index (χ1v) is 38.1. The molecule has 34 nitrogen and oxygen atoms in total. The quantitative estimate of drug-likeness (QED) is 0.0237. The van der Waals surface area contributed by atoms with Crippen LogP contribution in [-0.4, -0.2) is 213 Å². The molecule has 0 bridgehead atoms. The van der Waals surface area contributed by atoms with E-state index >= 15 is 0 Å². The van der Waals surface area contributed by atoms with Gasteiger partial charge in [0, 0.05) is 62.3 Å². The van der Waals surface area contributed by atoms with Gasteiger partial charge in [0.2, 0.25) is 24.0 Å². The second-order valence-electron chi connectivity index (χ2n) is 28.4. The highest BCUT2D eigenvalue weighted by Gasteiger charge is 2.60. The van der Waals surface area contributed by atoms with E-state index in [1.807, 2.05) is 89.5 Å². The molecule has 0 unspecified atom stereocenters. The summed E-state index contributed by atoms with van der Waals surface area (Å²) in [4.78, 5) is 137. The van der Waals surface area contributed by atoms with E-state index in [1.54, 1.807) is 91.0 Å². The van der Waals surface area contributed by atoms with Crippen LogP contribution in [0.15, 0.2) is 164 Å². The zero-order valence-corrected chi connectivity index (χ0v) is 66.5. The van der Waals surface area contributed by atoms with E-state index in [4.69, 9.17) is 85.3 Å². The monoisotopic (exact) mass is 1630 g/mol. The summed E-state index contributed by atoms with van der Waals surface area (Å²) in [6, 6.07) is 36.7. The van der Waals surface area contributed by atoms with Crippen molar-refractivity contribution in [1.82, 2.24) is 25.8 Å². The lowest BCUT2D eigenvalue weighted by Gasteiger charge is -2.52. The van der Waals surface area contributed by atoms with E-state index in [9.17, 15) is 47.9 Å². The Morgan fingerprint density at radius 3 is 1.01 bits per heavy atom. The third-order valence-corrected chi connectivity index (χ3v) is 18.8. The first-order valence-electron chi connectivity index (χ1n) is 38.1. The molecule has 0 aliphatic carbocycles. The minimum absolute atomic E-state index is 0.0292. The van der Waals surface area contributed by atoms with Crippen molar-refractivity contribution in [3.63, 3.8) is 0 Å². The average Bonchev–Trinajstić information content (AvgIpc) is 0.809. The maximum absolute atomic E-state index is 14.2. The van der Waals surface area contributed by atoms with Crippen LogP contribution in [-0.2, 0) is 175 Å². The number of alkyl carbamates (subject to hydrolysis) is 1. The van der Waals surface area contributed by atoms with E-state index in [1.165, 1.54) is 6.92 Å². The van der Waals surface area contributed by atoms with Crippen molar-refractivity contribution in [3.05, 3.63) is 198 Å². The van der Waals surface area contributed by atoms with Crippen LogP contribution < -0.4 is 25.8 Å². The summed E-state index contributed by atoms with van der Waals surface area (Å²) in [6.07, 6.45) is -22.1. The molecule has 5 aromatic carbocycles. The van der Waals surface area contributed by atoms with Gasteiger partial charge in [0.15, 0.2) is 55.7 Å². The molecule has 117 heavy (non-hydrogen) atoms. The molecule has 0 saturated carbocycles. The number of carbonyl (C=O) groups excluding carboxylic acids is 10. The number of nitrogens with zero attached hydrogens (tertiary/aromatic N) is 2. The summed E-state index contributed by atoms with van der Waals surface area (Å²) >= 11 is 0. The molecule has 630 valence electrons. The molecule has 1 aromatic heterocycles. The fourth-order valence-corrected chi connectivity index (χ4v) is 14.0. The maximum Gasteiger partial charge on any atom is 0.407 e. The molecule has 4 saturated heterocycles. The van der Waals surface area contributed by atoms with Gasteiger partial charge in [-0.05, 0) is 33.4 Å². The van der Waals surface area contributed by atoms with Gasteiger partial charge in [-0.3, -0.25) is 43.2 Å². The van der Waals surface area contributed by atoms with Crippen LogP contribution >= 0.6 is 0 Å². The SMILES string of the molecule is CC(=O)N[C@H]1[C@H](OCc2ccc(Cn3cc[n+](C)c3)cc2)O[C@H](COCc2ccccc2)[C@@H](O[C@@H]2O[C@H](COCc3ccccc3)[C@@H](O[C@@H]3O[C@H](COCc4ccccc4)[C@@H](O[C@@H]4O[C@H](COC(C)=O)[C@@H](OC(C)=O)[C@H](OC(C)=O)[C@H]4NC(=O)OCc4ccccc4)[C@H](OC(C)=O)[C@H]3NC(C)=O)[C@H](OC(C)=O)[C@H]2NC(C)=O)[C@@H]1OC(C)=O. The van der Waals surface area contributed by atoms with Crippen LogP contribution in [0.5, 0.6) is 0 Å². The van der Waals surface area contributed by atoms with Crippen LogP contribution in [0.25, 0.3) is 0 Å². The number of carbonyl (C=O) groups is 10. The fourth-order valence-electron chi connectivity index (χ4n) is 14.0. The number of amides is 4. The van der Waals surface area contributed by atoms with Gasteiger partial charge in [-0.1, -0.05) is 146 Å². The standard InChI is InChI=1S/C83H100N6O28/c1-48(90)84-67-75(107-53(6)95)72(63(43-100-38-58-23-15-11-16-24-58)111-79(67)104-41-62-33-31-57(32-34-62)37-89-36-35-88(10)47-89)115-80-68(85-49(2)91)76(108-54(7)96)73(64(112-80)44-101-39-59-25-17-12-18-26-59)116-81-69(86-50(3)92)77(109-55(8)97)74(65(113-81)45-102-40-60-27-19-13-20-28-60)117-82-70(87-83(99)105-42-61-29-21-14-22-30-61)78(110-56(9)98)71(106-52(5)94)66(114-82)46-103-51(4)93/h11-36,47,63-82H,37-46H2,1-10H3,(H3-,84,85,86,87,90,91,92,99)/p+1/t63-,64-,65-,66-,67-,68-,69-,70-,71-,72-,73-,74-,75-,76-,77-,78-,79-,80+,81+,82+/m1/s1. The summed E-state index contributed by atoms with van der Waals surface area (Å²) in [5.74, 6) is -7.61. The molecule has 4 fully saturated rings. The first kappa shape index (κ1) is 88.7. The van der Waals surface area contributed by atoms with Gasteiger partial charge in [-0.15, -0.1) is 0 Å². The predicted molar refractivity (Wildman–Crippen MR) is 404 cm³/mol. The molecule has 4 amide bonds. The molecule has 20 atom stereocenters. The Morgan fingerprint density at radius 1 is 0.342 bits per heavy atom. The number of rotatable bonds is 36. The van der Waals surface area contributed by atoms with Gasteiger partial charge >= 0.3 is 41.9 Å². The highest BCUT2D eigenvalue weighted by Crippen LogP contribution is 2.39. The third kappa shape index (κ3) is 26.7. The normalized spacial score (nSPS) is 26.8. The molecule has 4 aliphatic rings. The van der Waals surface area contributed by atoms with Crippen LogP contribution in [0, 0.1) is 0 Å². The number of aryl methyl sites for hydroxylation is 1. The Kier molecular flexibility index (Phi) is 33.0. The Bertz CT molecular complexity index is 4240. The largest absolute Gasteiger partial charge is 0.463 e. The number of aromatic nitrogens is 2. The van der Waals surface area contributed by atoms with Gasteiger partial charge in [-0.25, -0.2) is 13.9 Å². The van der Waals surface area contributed by atoms with Crippen molar-refractivity contribution in [2.24, 2.45) is 7.05 Å². The van der Waals surface area contributed by atoms with Crippen molar-refractivity contribution in [2.45, 2.75) is 224 Å². The van der Waals surface area contributed by atoms with E-state index in [2.05, 4.69) is 21.3 Å². The van der Waals surface area contributed by atoms with Gasteiger partial charge < -0.3 is 107 Å². The molecule has 6 aromatic rings. The van der Waals surface area contributed by atoms with Crippen molar-refractivity contribution < 1.29 is 138 Å². The molecular formula is C83H101N6O28+. The summed E-state index contributed by atoms with van der Waals surface area (Å²) in [5, 5.41) is 11.1. The zero-order valence-electron chi connectivity index (χ0n) is 66.5. The lowest BCUT2D eigenvalue weighted by atomic mass is 9.92. The number of hydrogen-bond donors (Lipinski definition) is 4. The second-order valence-corrected chi connectivity index (χ2v) is 28.4. The number of nitrogens with one attached hydrogen (secondary N) is 4. The topological polar surface area (TPSA) is 394 Å². The summed E-state index contributed by atoms with van der Waals surface area (Å²) in [7, 11) is 1.92. The number of benzene rings is 5. The van der Waals surface area contributed by atoms with Crippen molar-refractivity contribution >= 4 is 59.6 Å². The Balaban J connectivity index is 1.06. The molecule has 10 rings (SSSR count). The predicted octanol–water partition coefficient (Wildman–Crippen LogP) is 4.61. The molecule has 0 spiro atoms. The van der Waals surface area contributed by atoms with Crippen molar-refractivity contribution in [3.8, 4) is 0 Å². The third-order valence-electron chi connectivity index (χ3n) is 18.8. The number of esters is 6. The van der Waals surface area contributed by atoms with Crippen LogP contribution in [0.2, 0.25) is 0 Å². The lowest BCUT2D eigenvalue weighted by Crippen LogP contribution is -2.72. The van der Waals surface area contributed by atoms with Crippen LogP contribution in [0.4, 0.5) is 4.79 Å². The number of imidazole rings is 1. The van der Waals surface area contributed by atoms with Crippen molar-refractivity contribution in [1.29, 1.82) is 0 Å². The van der Waals surface area contributed by atoms with Gasteiger partial charge in [0.05, 0.1) is 53.3 Å². The molecule has 4 aliphatic heterocycles. The highest BCUT2D eigenvalue weighted by atomic mass is 16.8. The first-order chi connectivity index (χ1) is 56.2. The summed E-state index contributed by atoms with van der Waals surface area (Å²) in [6.45, 7) is 8.08. The van der Waals surface area contributed by atoms with Crippen LogP contribution in [0.1, 0.15) is 95.7 Å². The minimum Gasteiger partial charge on any atom is -0.463 e. The summed E-state index contributed by atoms with van der Waals surface area (Å²) in [5.41, 5.74) is 4.38. The lowest BCUT2D eigenvalue weighted by molar-refractivity contribution is -0.671. The fraction of sp³-hybridized carbons (Fsp3) is 0.482. The Labute approximate surface area is 676 Å². The second kappa shape index (κ2) is 43.5. The highest BCUT2D eigenvalue weighted by molar-refractivity contribution is 5.75. The Hall–Kier alpha value is -10.6. The zero-order chi connectivity index (χ0) is 83.7.